The average molecular weight is 392 g/mol. The van der Waals surface area contributed by atoms with Crippen LogP contribution in [0.15, 0.2) is 54.9 Å². The fourth-order valence-corrected chi connectivity index (χ4v) is 3.51. The number of anilines is 1. The lowest BCUT2D eigenvalue weighted by molar-refractivity contribution is 0.218. The van der Waals surface area contributed by atoms with Crippen molar-refractivity contribution in [3.05, 3.63) is 71.9 Å². The Morgan fingerprint density at radius 1 is 1.14 bits per heavy atom. The molecule has 1 aromatic carbocycles. The van der Waals surface area contributed by atoms with Crippen LogP contribution < -0.4 is 9.64 Å². The van der Waals surface area contributed by atoms with Crippen molar-refractivity contribution >= 4 is 11.8 Å². The molecule has 1 aliphatic rings. The standard InChI is InChI=1S/C22H21FN4O2/c1-15-18(19-8-9-24-13-20(19)23)6-7-21(25-15)27-11-10-26(22(27)28)14-16-4-3-5-17(12-16)29-2/h3-9,12-13H,10-11,14H2,1-2H3. The van der Waals surface area contributed by atoms with E-state index in [0.29, 0.717) is 42.3 Å². The molecule has 0 radical (unpaired) electrons. The quantitative estimate of drug-likeness (QED) is 0.658. The number of carbonyl (C=O) groups excluding carboxylic acids is 1. The average Bonchev–Trinajstić information content (AvgIpc) is 3.09. The zero-order valence-corrected chi connectivity index (χ0v) is 16.3. The van der Waals surface area contributed by atoms with Crippen LogP contribution in [0.1, 0.15) is 11.3 Å². The molecule has 1 fully saturated rings. The van der Waals surface area contributed by atoms with E-state index in [9.17, 15) is 9.18 Å². The van der Waals surface area contributed by atoms with Gasteiger partial charge in [0.05, 0.1) is 13.3 Å². The summed E-state index contributed by atoms with van der Waals surface area (Å²) in [5.41, 5.74) is 2.80. The third kappa shape index (κ3) is 3.76. The Hall–Kier alpha value is -3.48. The van der Waals surface area contributed by atoms with E-state index in [2.05, 4.69) is 9.97 Å². The number of aromatic nitrogens is 2. The van der Waals surface area contributed by atoms with Crippen LogP contribution in [0.2, 0.25) is 0 Å². The second-order valence-electron chi connectivity index (χ2n) is 6.87. The van der Waals surface area contributed by atoms with E-state index in [-0.39, 0.29) is 6.03 Å². The SMILES string of the molecule is COc1cccc(CN2CCN(c3ccc(-c4ccncc4F)c(C)n3)C2=O)c1. The van der Waals surface area contributed by atoms with Crippen LogP contribution in [0.3, 0.4) is 0 Å². The summed E-state index contributed by atoms with van der Waals surface area (Å²) >= 11 is 0. The number of ether oxygens (including phenoxy) is 1. The largest absolute Gasteiger partial charge is 0.497 e. The molecular formula is C22H21FN4O2. The van der Waals surface area contributed by atoms with Crippen LogP contribution in [-0.4, -0.2) is 41.1 Å². The van der Waals surface area contributed by atoms with Gasteiger partial charge >= 0.3 is 6.03 Å². The number of aryl methyl sites for hydroxylation is 1. The van der Waals surface area contributed by atoms with Crippen LogP contribution in [-0.2, 0) is 6.54 Å². The zero-order valence-electron chi connectivity index (χ0n) is 16.3. The van der Waals surface area contributed by atoms with Gasteiger partial charge in [0.2, 0.25) is 0 Å². The van der Waals surface area contributed by atoms with E-state index in [4.69, 9.17) is 4.74 Å². The van der Waals surface area contributed by atoms with E-state index in [1.165, 1.54) is 6.20 Å². The number of urea groups is 1. The molecule has 0 N–H and O–H groups in total. The molecular weight excluding hydrogens is 371 g/mol. The first-order valence-corrected chi connectivity index (χ1v) is 9.33. The van der Waals surface area contributed by atoms with Gasteiger partial charge in [-0.2, -0.15) is 0 Å². The lowest BCUT2D eigenvalue weighted by atomic mass is 10.1. The van der Waals surface area contributed by atoms with E-state index < -0.39 is 5.82 Å². The van der Waals surface area contributed by atoms with E-state index in [1.807, 2.05) is 31.2 Å². The first kappa shape index (κ1) is 18.9. The molecule has 4 rings (SSSR count). The van der Waals surface area contributed by atoms with Crippen molar-refractivity contribution in [2.24, 2.45) is 0 Å². The molecule has 1 aliphatic heterocycles. The Morgan fingerprint density at radius 2 is 2.00 bits per heavy atom. The molecule has 148 valence electrons. The normalized spacial score (nSPS) is 13.8. The Labute approximate surface area is 168 Å². The number of carbonyl (C=O) groups is 1. The summed E-state index contributed by atoms with van der Waals surface area (Å²) in [4.78, 5) is 24.7. The molecule has 2 amide bonds. The monoisotopic (exact) mass is 392 g/mol. The summed E-state index contributed by atoms with van der Waals surface area (Å²) in [7, 11) is 1.62. The Bertz CT molecular complexity index is 1060. The number of hydrogen-bond donors (Lipinski definition) is 0. The van der Waals surface area contributed by atoms with Crippen LogP contribution in [0, 0.1) is 12.7 Å². The lowest BCUT2D eigenvalue weighted by Gasteiger charge is -2.19. The van der Waals surface area contributed by atoms with Crippen LogP contribution >= 0.6 is 0 Å². The summed E-state index contributed by atoms with van der Waals surface area (Å²) in [6.45, 7) is 3.48. The van der Waals surface area contributed by atoms with Crippen molar-refractivity contribution in [1.29, 1.82) is 0 Å². The molecule has 0 aliphatic carbocycles. The van der Waals surface area contributed by atoms with Crippen LogP contribution in [0.5, 0.6) is 5.75 Å². The highest BCUT2D eigenvalue weighted by Gasteiger charge is 2.30. The van der Waals surface area contributed by atoms with E-state index >= 15 is 0 Å². The fourth-order valence-electron chi connectivity index (χ4n) is 3.51. The molecule has 0 bridgehead atoms. The number of halogens is 1. The zero-order chi connectivity index (χ0) is 20.4. The number of hydrogen-bond acceptors (Lipinski definition) is 4. The van der Waals surface area contributed by atoms with Gasteiger partial charge in [0.15, 0.2) is 0 Å². The maximum atomic E-state index is 14.1. The fraction of sp³-hybridized carbons (Fsp3) is 0.227. The van der Waals surface area contributed by atoms with Gasteiger partial charge in [-0.25, -0.2) is 14.2 Å². The van der Waals surface area contributed by atoms with Gasteiger partial charge in [-0.1, -0.05) is 12.1 Å². The summed E-state index contributed by atoms with van der Waals surface area (Å²) in [6.07, 6.45) is 2.73. The molecule has 3 heterocycles. The van der Waals surface area contributed by atoms with Gasteiger partial charge in [-0.15, -0.1) is 0 Å². The number of methoxy groups -OCH3 is 1. The van der Waals surface area contributed by atoms with E-state index in [0.717, 1.165) is 11.3 Å². The van der Waals surface area contributed by atoms with Crippen molar-refractivity contribution in [3.63, 3.8) is 0 Å². The number of pyridine rings is 2. The summed E-state index contributed by atoms with van der Waals surface area (Å²) in [5.74, 6) is 0.938. The molecule has 0 unspecified atom stereocenters. The molecule has 2 aromatic heterocycles. The molecule has 0 atom stereocenters. The van der Waals surface area contributed by atoms with Crippen molar-refractivity contribution in [2.75, 3.05) is 25.1 Å². The Morgan fingerprint density at radius 3 is 2.76 bits per heavy atom. The highest BCUT2D eigenvalue weighted by molar-refractivity contribution is 5.93. The Kier molecular flexibility index (Phi) is 5.12. The van der Waals surface area contributed by atoms with Crippen LogP contribution in [0.25, 0.3) is 11.1 Å². The van der Waals surface area contributed by atoms with Gasteiger partial charge in [-0.3, -0.25) is 9.88 Å². The second kappa shape index (κ2) is 7.87. The van der Waals surface area contributed by atoms with Crippen molar-refractivity contribution in [3.8, 4) is 16.9 Å². The van der Waals surface area contributed by atoms with Gasteiger partial charge in [0, 0.05) is 42.7 Å². The third-order valence-electron chi connectivity index (χ3n) is 5.01. The predicted octanol–water partition coefficient (Wildman–Crippen LogP) is 4.04. The molecule has 6 nitrogen and oxygen atoms in total. The Balaban J connectivity index is 1.53. The number of benzene rings is 1. The van der Waals surface area contributed by atoms with Crippen molar-refractivity contribution in [1.82, 2.24) is 14.9 Å². The van der Waals surface area contributed by atoms with Crippen molar-refractivity contribution in [2.45, 2.75) is 13.5 Å². The van der Waals surface area contributed by atoms with Gasteiger partial charge in [0.25, 0.3) is 0 Å². The smallest absolute Gasteiger partial charge is 0.326 e. The first-order chi connectivity index (χ1) is 14.1. The number of amides is 2. The number of rotatable bonds is 5. The number of nitrogens with zero attached hydrogens (tertiary/aromatic N) is 4. The highest BCUT2D eigenvalue weighted by atomic mass is 19.1. The van der Waals surface area contributed by atoms with Crippen LogP contribution in [0.4, 0.5) is 15.0 Å². The molecule has 3 aromatic rings. The summed E-state index contributed by atoms with van der Waals surface area (Å²) < 4.78 is 19.3. The highest BCUT2D eigenvalue weighted by Crippen LogP contribution is 2.28. The maximum absolute atomic E-state index is 14.1. The van der Waals surface area contributed by atoms with E-state index in [1.54, 1.807) is 41.3 Å². The molecule has 29 heavy (non-hydrogen) atoms. The lowest BCUT2D eigenvalue weighted by Crippen LogP contribution is -2.32. The molecule has 0 spiro atoms. The minimum Gasteiger partial charge on any atom is -0.497 e. The minimum atomic E-state index is -0.396. The first-order valence-electron chi connectivity index (χ1n) is 9.33. The topological polar surface area (TPSA) is 58.6 Å². The summed E-state index contributed by atoms with van der Waals surface area (Å²) in [5, 5.41) is 0. The molecule has 0 saturated carbocycles. The summed E-state index contributed by atoms with van der Waals surface area (Å²) in [6, 6.07) is 12.8. The van der Waals surface area contributed by atoms with Crippen molar-refractivity contribution < 1.29 is 13.9 Å². The maximum Gasteiger partial charge on any atom is 0.326 e. The minimum absolute atomic E-state index is 0.0949. The third-order valence-corrected chi connectivity index (χ3v) is 5.01. The van der Waals surface area contributed by atoms with Gasteiger partial charge in [-0.05, 0) is 42.8 Å². The predicted molar refractivity (Wildman–Crippen MR) is 108 cm³/mol. The molecule has 7 heteroatoms. The van der Waals surface area contributed by atoms with Gasteiger partial charge < -0.3 is 9.64 Å². The molecule has 1 saturated heterocycles. The van der Waals surface area contributed by atoms with Gasteiger partial charge in [0.1, 0.15) is 17.4 Å². The second-order valence-corrected chi connectivity index (χ2v) is 6.87.